The number of carbonyl (C=O) groups is 2. The second-order valence-electron chi connectivity index (χ2n) is 4.69. The Morgan fingerprint density at radius 1 is 1.40 bits per heavy atom. The van der Waals surface area contributed by atoms with Gasteiger partial charge in [0.25, 0.3) is 5.91 Å². The highest BCUT2D eigenvalue weighted by atomic mass is 19.1. The number of nitrogen functional groups attached to an aromatic ring is 1. The topological polar surface area (TPSA) is 84.2 Å². The molecule has 0 aromatic heterocycles. The maximum atomic E-state index is 13.9. The number of rotatable bonds is 5. The molecule has 0 saturated heterocycles. The van der Waals surface area contributed by atoms with E-state index < -0.39 is 17.8 Å². The Balaban J connectivity index is 2.79. The fourth-order valence-electron chi connectivity index (χ4n) is 1.70. The summed E-state index contributed by atoms with van der Waals surface area (Å²) >= 11 is 0. The van der Waals surface area contributed by atoms with Crippen LogP contribution in [0.25, 0.3) is 0 Å². The van der Waals surface area contributed by atoms with E-state index in [2.05, 4.69) is 10.6 Å². The van der Waals surface area contributed by atoms with Crippen molar-refractivity contribution in [3.05, 3.63) is 29.1 Å². The van der Waals surface area contributed by atoms with Crippen LogP contribution in [0.15, 0.2) is 12.1 Å². The molecule has 0 heterocycles. The van der Waals surface area contributed by atoms with Crippen molar-refractivity contribution in [3.63, 3.8) is 0 Å². The molecule has 0 aliphatic carbocycles. The van der Waals surface area contributed by atoms with Crippen LogP contribution in [-0.2, 0) is 4.79 Å². The summed E-state index contributed by atoms with van der Waals surface area (Å²) in [6, 6.07) is 1.97. The Morgan fingerprint density at radius 2 is 2.05 bits per heavy atom. The minimum absolute atomic E-state index is 0.155. The van der Waals surface area contributed by atoms with Gasteiger partial charge in [0.2, 0.25) is 5.91 Å². The van der Waals surface area contributed by atoms with Crippen molar-refractivity contribution in [1.29, 1.82) is 0 Å². The van der Waals surface area contributed by atoms with Crippen molar-refractivity contribution in [2.45, 2.75) is 33.2 Å². The highest BCUT2D eigenvalue weighted by Gasteiger charge is 2.19. The average molecular weight is 281 g/mol. The van der Waals surface area contributed by atoms with Crippen LogP contribution >= 0.6 is 0 Å². The quantitative estimate of drug-likeness (QED) is 0.712. The first-order valence-electron chi connectivity index (χ1n) is 6.51. The first-order chi connectivity index (χ1) is 9.36. The average Bonchev–Trinajstić information content (AvgIpc) is 2.39. The van der Waals surface area contributed by atoms with E-state index in [4.69, 9.17) is 5.73 Å². The highest BCUT2D eigenvalue weighted by Crippen LogP contribution is 2.17. The van der Waals surface area contributed by atoms with Gasteiger partial charge in [-0.1, -0.05) is 6.92 Å². The van der Waals surface area contributed by atoms with Gasteiger partial charge in [0.1, 0.15) is 11.9 Å². The van der Waals surface area contributed by atoms with Crippen LogP contribution in [0.3, 0.4) is 0 Å². The number of benzene rings is 1. The molecule has 0 bridgehead atoms. The summed E-state index contributed by atoms with van der Waals surface area (Å²) < 4.78 is 13.9. The molecule has 0 fully saturated rings. The fourth-order valence-corrected chi connectivity index (χ4v) is 1.70. The van der Waals surface area contributed by atoms with Gasteiger partial charge in [-0.25, -0.2) is 4.39 Å². The Labute approximate surface area is 117 Å². The van der Waals surface area contributed by atoms with Crippen LogP contribution in [0.2, 0.25) is 0 Å². The Hall–Kier alpha value is -2.11. The summed E-state index contributed by atoms with van der Waals surface area (Å²) in [5.74, 6) is -1.59. The largest absolute Gasteiger partial charge is 0.399 e. The Bertz CT molecular complexity index is 517. The molecule has 20 heavy (non-hydrogen) atoms. The van der Waals surface area contributed by atoms with Gasteiger partial charge in [0.05, 0.1) is 5.56 Å². The molecule has 5 nitrogen and oxygen atoms in total. The normalized spacial score (nSPS) is 11.8. The molecule has 1 unspecified atom stereocenters. The van der Waals surface area contributed by atoms with Gasteiger partial charge >= 0.3 is 0 Å². The zero-order valence-corrected chi connectivity index (χ0v) is 11.9. The van der Waals surface area contributed by atoms with Crippen molar-refractivity contribution in [2.75, 3.05) is 12.3 Å². The van der Waals surface area contributed by atoms with E-state index in [0.29, 0.717) is 17.8 Å². The van der Waals surface area contributed by atoms with Gasteiger partial charge < -0.3 is 16.4 Å². The third-order valence-electron chi connectivity index (χ3n) is 2.81. The third kappa shape index (κ3) is 3.94. The summed E-state index contributed by atoms with van der Waals surface area (Å²) in [6.45, 7) is 5.53. The number of halogens is 1. The molecule has 1 aromatic rings. The Morgan fingerprint density at radius 3 is 2.65 bits per heavy atom. The van der Waals surface area contributed by atoms with Crippen LogP contribution < -0.4 is 16.4 Å². The first-order valence-corrected chi connectivity index (χ1v) is 6.51. The van der Waals surface area contributed by atoms with Crippen molar-refractivity contribution in [2.24, 2.45) is 0 Å². The highest BCUT2D eigenvalue weighted by molar-refractivity contribution is 5.98. The molecule has 110 valence electrons. The van der Waals surface area contributed by atoms with Crippen molar-refractivity contribution < 1.29 is 14.0 Å². The van der Waals surface area contributed by atoms with Crippen LogP contribution in [0, 0.1) is 12.7 Å². The number of aryl methyl sites for hydroxylation is 1. The number of nitrogens with two attached hydrogens (primary N) is 1. The molecule has 0 aliphatic heterocycles. The van der Waals surface area contributed by atoms with Crippen LogP contribution in [0.4, 0.5) is 10.1 Å². The van der Waals surface area contributed by atoms with Crippen LogP contribution in [0.5, 0.6) is 0 Å². The second kappa shape index (κ2) is 6.88. The zero-order chi connectivity index (χ0) is 15.3. The molecule has 1 atom stereocenters. The predicted molar refractivity (Wildman–Crippen MR) is 75.8 cm³/mol. The number of hydrogen-bond acceptors (Lipinski definition) is 3. The lowest BCUT2D eigenvalue weighted by atomic mass is 10.1. The van der Waals surface area contributed by atoms with Gasteiger partial charge in [-0.2, -0.15) is 0 Å². The van der Waals surface area contributed by atoms with E-state index >= 15 is 0 Å². The van der Waals surface area contributed by atoms with E-state index in [1.54, 1.807) is 6.92 Å². The maximum absolute atomic E-state index is 13.9. The number of nitrogens with one attached hydrogen (secondary N) is 2. The van der Waals surface area contributed by atoms with Gasteiger partial charge in [0.15, 0.2) is 0 Å². The van der Waals surface area contributed by atoms with Crippen molar-refractivity contribution in [3.8, 4) is 0 Å². The van der Waals surface area contributed by atoms with E-state index in [9.17, 15) is 14.0 Å². The molecule has 1 aromatic carbocycles. The summed E-state index contributed by atoms with van der Waals surface area (Å²) in [6.07, 6.45) is 0.801. The van der Waals surface area contributed by atoms with E-state index in [0.717, 1.165) is 6.42 Å². The minimum atomic E-state index is -0.741. The van der Waals surface area contributed by atoms with E-state index in [1.807, 2.05) is 6.92 Å². The molecule has 0 spiro atoms. The summed E-state index contributed by atoms with van der Waals surface area (Å²) in [4.78, 5) is 23.6. The van der Waals surface area contributed by atoms with Gasteiger partial charge in [-0.05, 0) is 38.0 Å². The summed E-state index contributed by atoms with van der Waals surface area (Å²) in [7, 11) is 0. The van der Waals surface area contributed by atoms with Crippen molar-refractivity contribution >= 4 is 17.5 Å². The number of carbonyl (C=O) groups excluding carboxylic acids is 2. The molecule has 0 aliphatic rings. The summed E-state index contributed by atoms with van der Waals surface area (Å²) in [5, 5.41) is 5.11. The molecule has 1 rings (SSSR count). The molecule has 6 heteroatoms. The number of hydrogen-bond donors (Lipinski definition) is 3. The summed E-state index contributed by atoms with van der Waals surface area (Å²) in [5.41, 5.74) is 6.03. The number of amides is 2. The minimum Gasteiger partial charge on any atom is -0.399 e. The molecular formula is C14H20FN3O2. The molecular weight excluding hydrogens is 261 g/mol. The monoisotopic (exact) mass is 281 g/mol. The van der Waals surface area contributed by atoms with Crippen molar-refractivity contribution in [1.82, 2.24) is 10.6 Å². The zero-order valence-electron chi connectivity index (χ0n) is 11.9. The van der Waals surface area contributed by atoms with Crippen LogP contribution in [-0.4, -0.2) is 24.4 Å². The molecule has 0 radical (unpaired) electrons. The third-order valence-corrected chi connectivity index (χ3v) is 2.81. The van der Waals surface area contributed by atoms with Gasteiger partial charge in [-0.15, -0.1) is 0 Å². The first kappa shape index (κ1) is 15.9. The lowest BCUT2D eigenvalue weighted by Crippen LogP contribution is -2.45. The lowest BCUT2D eigenvalue weighted by molar-refractivity contribution is -0.122. The second-order valence-corrected chi connectivity index (χ2v) is 4.69. The molecule has 4 N–H and O–H groups in total. The molecule has 2 amide bonds. The number of anilines is 1. The van der Waals surface area contributed by atoms with E-state index in [-0.39, 0.29) is 11.5 Å². The van der Waals surface area contributed by atoms with Gasteiger partial charge in [-0.3, -0.25) is 9.59 Å². The Kier molecular flexibility index (Phi) is 5.49. The predicted octanol–water partition coefficient (Wildman–Crippen LogP) is 1.36. The molecule has 0 saturated carbocycles. The standard InChI is InChI=1S/C14H20FN3O2/c1-4-5-17-13(19)9(3)18-14(20)11-7-10(16)6-8(2)12(11)15/h6-7,9H,4-5,16H2,1-3H3,(H,17,19)(H,18,20). The fraction of sp³-hybridized carbons (Fsp3) is 0.429. The maximum Gasteiger partial charge on any atom is 0.254 e. The van der Waals surface area contributed by atoms with Gasteiger partial charge in [0, 0.05) is 12.2 Å². The van der Waals surface area contributed by atoms with Crippen LogP contribution in [0.1, 0.15) is 36.2 Å². The lowest BCUT2D eigenvalue weighted by Gasteiger charge is -2.15. The van der Waals surface area contributed by atoms with E-state index in [1.165, 1.54) is 19.1 Å². The smallest absolute Gasteiger partial charge is 0.254 e. The SMILES string of the molecule is CCCNC(=O)C(C)NC(=O)c1cc(N)cc(C)c1F.